The predicted octanol–water partition coefficient (Wildman–Crippen LogP) is 16.9. The van der Waals surface area contributed by atoms with Crippen LogP contribution in [0.15, 0.2) is 36.5 Å². The molecule has 63 heavy (non-hydrogen) atoms. The zero-order valence-corrected chi connectivity index (χ0v) is 42.1. The summed E-state index contributed by atoms with van der Waals surface area (Å²) >= 11 is 0. The molecule has 0 rings (SSSR count). The minimum Gasteiger partial charge on any atom is -0.466 e. The summed E-state index contributed by atoms with van der Waals surface area (Å²) in [4.78, 5) is 24.4. The Hall–Kier alpha value is -1.92. The van der Waals surface area contributed by atoms with Crippen molar-refractivity contribution in [2.75, 3.05) is 13.2 Å². The van der Waals surface area contributed by atoms with Crippen LogP contribution in [0, 0.1) is 0 Å². The van der Waals surface area contributed by atoms with Gasteiger partial charge in [-0.15, -0.1) is 0 Å². The van der Waals surface area contributed by atoms with E-state index in [2.05, 4.69) is 43.5 Å². The van der Waals surface area contributed by atoms with Gasteiger partial charge in [0.25, 0.3) is 0 Å². The van der Waals surface area contributed by atoms with Gasteiger partial charge in [0, 0.05) is 12.8 Å². The van der Waals surface area contributed by atoms with Crippen molar-refractivity contribution in [1.29, 1.82) is 0 Å². The first kappa shape index (κ1) is 61.1. The number of hydrogen-bond acceptors (Lipinski definition) is 5. The molecule has 0 saturated heterocycles. The van der Waals surface area contributed by atoms with Crippen LogP contribution in [0.5, 0.6) is 0 Å². The number of nitrogens with one attached hydrogen (secondary N) is 1. The van der Waals surface area contributed by atoms with Gasteiger partial charge in [0.15, 0.2) is 0 Å². The van der Waals surface area contributed by atoms with Crippen LogP contribution in [0.4, 0.5) is 0 Å². The topological polar surface area (TPSA) is 95.9 Å². The summed E-state index contributed by atoms with van der Waals surface area (Å²) in [5.74, 6) is -0.0927. The first-order valence-electron chi connectivity index (χ1n) is 27.8. The number of allylic oxidation sites excluding steroid dienone is 5. The number of carbonyl (C=O) groups excluding carboxylic acids is 2. The number of ether oxygens (including phenoxy) is 1. The Kier molecular flexibility index (Phi) is 51.1. The number of hydrogen-bond donors (Lipinski definition) is 3. The van der Waals surface area contributed by atoms with Crippen LogP contribution in [0.1, 0.15) is 290 Å². The second-order valence-electron chi connectivity index (χ2n) is 18.9. The van der Waals surface area contributed by atoms with Gasteiger partial charge in [0.2, 0.25) is 5.91 Å². The molecule has 0 spiro atoms. The standard InChI is InChI=1S/C57H107NO5/c1-3-5-7-9-11-13-15-17-18-20-23-26-29-33-37-41-45-49-55(60)54(53-59)58-56(61)50-46-42-38-34-30-27-24-21-19-22-25-28-32-36-40-44-48-52-63-57(62)51-47-43-39-35-31-16-14-12-10-8-6-4-2/h12,14,19,22,45,49,54-55,59-60H,3-11,13,15-18,20-21,23-44,46-48,50-53H2,1-2H3,(H,58,61)/b14-12-,22-19-,49-45+. The minimum absolute atomic E-state index is 0.0132. The van der Waals surface area contributed by atoms with Gasteiger partial charge >= 0.3 is 5.97 Å². The van der Waals surface area contributed by atoms with Gasteiger partial charge in [0.1, 0.15) is 0 Å². The van der Waals surface area contributed by atoms with E-state index in [0.717, 1.165) is 57.8 Å². The van der Waals surface area contributed by atoms with Crippen LogP contribution in [-0.2, 0) is 14.3 Å². The molecular weight excluding hydrogens is 779 g/mol. The van der Waals surface area contributed by atoms with Crippen molar-refractivity contribution in [1.82, 2.24) is 5.32 Å². The van der Waals surface area contributed by atoms with Gasteiger partial charge in [-0.1, -0.05) is 230 Å². The van der Waals surface area contributed by atoms with E-state index in [1.54, 1.807) is 6.08 Å². The van der Waals surface area contributed by atoms with Crippen molar-refractivity contribution in [3.8, 4) is 0 Å². The van der Waals surface area contributed by atoms with Crippen molar-refractivity contribution in [3.05, 3.63) is 36.5 Å². The molecule has 2 unspecified atom stereocenters. The van der Waals surface area contributed by atoms with Crippen molar-refractivity contribution in [3.63, 3.8) is 0 Å². The molecule has 0 aromatic carbocycles. The lowest BCUT2D eigenvalue weighted by atomic mass is 10.0. The van der Waals surface area contributed by atoms with E-state index in [1.165, 1.54) is 205 Å². The summed E-state index contributed by atoms with van der Waals surface area (Å²) in [6.07, 6.45) is 64.4. The summed E-state index contributed by atoms with van der Waals surface area (Å²) in [5.41, 5.74) is 0. The molecular formula is C57H107NO5. The van der Waals surface area contributed by atoms with E-state index >= 15 is 0 Å². The molecule has 0 saturated carbocycles. The third-order valence-corrected chi connectivity index (χ3v) is 12.6. The molecule has 0 heterocycles. The number of rotatable bonds is 51. The van der Waals surface area contributed by atoms with E-state index in [0.29, 0.717) is 19.4 Å². The fraction of sp³-hybridized carbons (Fsp3) is 0.860. The molecule has 2 atom stereocenters. The van der Waals surface area contributed by atoms with Gasteiger partial charge in [-0.2, -0.15) is 0 Å². The molecule has 0 aliphatic heterocycles. The SMILES string of the molecule is CCCCC/C=C\CCCCCCCC(=O)OCCCCCCCC/C=C\CCCCCCCCCC(=O)NC(CO)C(O)/C=C/CCCCCCCCCCCCCCCCC. The third-order valence-electron chi connectivity index (χ3n) is 12.6. The van der Waals surface area contributed by atoms with Gasteiger partial charge in [-0.3, -0.25) is 9.59 Å². The molecule has 3 N–H and O–H groups in total. The lowest BCUT2D eigenvalue weighted by Crippen LogP contribution is -2.45. The number of aliphatic hydroxyl groups excluding tert-OH is 2. The lowest BCUT2D eigenvalue weighted by Gasteiger charge is -2.20. The summed E-state index contributed by atoms with van der Waals surface area (Å²) < 4.78 is 5.45. The maximum atomic E-state index is 12.5. The largest absolute Gasteiger partial charge is 0.466 e. The molecule has 370 valence electrons. The monoisotopic (exact) mass is 886 g/mol. The highest BCUT2D eigenvalue weighted by molar-refractivity contribution is 5.76. The average Bonchev–Trinajstić information content (AvgIpc) is 3.28. The Morgan fingerprint density at radius 2 is 0.746 bits per heavy atom. The zero-order valence-electron chi connectivity index (χ0n) is 42.1. The number of esters is 1. The third kappa shape index (κ3) is 49.4. The van der Waals surface area contributed by atoms with Crippen LogP contribution in [0.2, 0.25) is 0 Å². The molecule has 0 radical (unpaired) electrons. The highest BCUT2D eigenvalue weighted by Gasteiger charge is 2.18. The zero-order chi connectivity index (χ0) is 45.8. The number of carbonyl (C=O) groups is 2. The Morgan fingerprint density at radius 1 is 0.429 bits per heavy atom. The predicted molar refractivity (Wildman–Crippen MR) is 273 cm³/mol. The van der Waals surface area contributed by atoms with Crippen LogP contribution in [-0.4, -0.2) is 47.4 Å². The molecule has 6 heteroatoms. The first-order chi connectivity index (χ1) is 31.0. The maximum absolute atomic E-state index is 12.5. The lowest BCUT2D eigenvalue weighted by molar-refractivity contribution is -0.143. The van der Waals surface area contributed by atoms with Crippen LogP contribution in [0.3, 0.4) is 0 Å². The van der Waals surface area contributed by atoms with Crippen molar-refractivity contribution < 1.29 is 24.5 Å². The quantitative estimate of drug-likeness (QED) is 0.0321. The summed E-state index contributed by atoms with van der Waals surface area (Å²) in [6, 6.07) is -0.637. The van der Waals surface area contributed by atoms with Gasteiger partial charge < -0.3 is 20.3 Å². The minimum atomic E-state index is -0.853. The molecule has 0 aromatic rings. The molecule has 6 nitrogen and oxygen atoms in total. The molecule has 0 fully saturated rings. The van der Waals surface area contributed by atoms with E-state index in [-0.39, 0.29) is 18.5 Å². The summed E-state index contributed by atoms with van der Waals surface area (Å²) in [6.45, 7) is 4.86. The van der Waals surface area contributed by atoms with Gasteiger partial charge in [-0.05, 0) is 83.5 Å². The van der Waals surface area contributed by atoms with Crippen molar-refractivity contribution >= 4 is 11.9 Å². The summed E-state index contributed by atoms with van der Waals surface area (Å²) in [7, 11) is 0. The van der Waals surface area contributed by atoms with Crippen molar-refractivity contribution in [2.45, 2.75) is 302 Å². The first-order valence-corrected chi connectivity index (χ1v) is 27.8. The summed E-state index contributed by atoms with van der Waals surface area (Å²) in [5, 5.41) is 23.1. The molecule has 0 bridgehead atoms. The normalized spacial score (nSPS) is 12.9. The van der Waals surface area contributed by atoms with Crippen molar-refractivity contribution in [2.24, 2.45) is 0 Å². The van der Waals surface area contributed by atoms with E-state index < -0.39 is 12.1 Å². The fourth-order valence-corrected chi connectivity index (χ4v) is 8.33. The fourth-order valence-electron chi connectivity index (χ4n) is 8.33. The Morgan fingerprint density at radius 3 is 1.16 bits per heavy atom. The van der Waals surface area contributed by atoms with E-state index in [1.807, 2.05) is 6.08 Å². The van der Waals surface area contributed by atoms with Gasteiger partial charge in [0.05, 0.1) is 25.4 Å². The molecule has 0 aliphatic rings. The average molecular weight is 886 g/mol. The second kappa shape index (κ2) is 52.7. The number of amides is 1. The Labute approximate surface area is 392 Å². The Balaban J connectivity index is 3.51. The maximum Gasteiger partial charge on any atom is 0.305 e. The van der Waals surface area contributed by atoms with Crippen LogP contribution >= 0.6 is 0 Å². The number of unbranched alkanes of at least 4 members (excludes halogenated alkanes) is 36. The van der Waals surface area contributed by atoms with E-state index in [9.17, 15) is 19.8 Å². The van der Waals surface area contributed by atoms with E-state index in [4.69, 9.17) is 4.74 Å². The van der Waals surface area contributed by atoms with Gasteiger partial charge in [-0.25, -0.2) is 0 Å². The smallest absolute Gasteiger partial charge is 0.305 e. The Bertz CT molecular complexity index is 1020. The molecule has 1 amide bonds. The highest BCUT2D eigenvalue weighted by atomic mass is 16.5. The second-order valence-corrected chi connectivity index (χ2v) is 18.9. The molecule has 0 aliphatic carbocycles. The number of aliphatic hydroxyl groups is 2. The highest BCUT2D eigenvalue weighted by Crippen LogP contribution is 2.16. The van der Waals surface area contributed by atoms with Crippen LogP contribution in [0.25, 0.3) is 0 Å². The van der Waals surface area contributed by atoms with Crippen LogP contribution < -0.4 is 5.32 Å². The molecule has 0 aromatic heterocycles.